The number of nitrogens with two attached hydrogens (primary N) is 1. The van der Waals surface area contributed by atoms with E-state index < -0.39 is 4.92 Å². The van der Waals surface area contributed by atoms with Crippen LogP contribution < -0.4 is 11.3 Å². The number of hydrogen-bond acceptors (Lipinski definition) is 6. The van der Waals surface area contributed by atoms with Gasteiger partial charge in [0.05, 0.1) is 10.6 Å². The number of rotatable bonds is 7. The number of nitrogens with one attached hydrogen (secondary N) is 1. The third-order valence-corrected chi connectivity index (χ3v) is 3.38. The van der Waals surface area contributed by atoms with Crippen molar-refractivity contribution >= 4 is 23.1 Å². The highest BCUT2D eigenvalue weighted by molar-refractivity contribution is 7.98. The summed E-state index contributed by atoms with van der Waals surface area (Å²) in [6, 6.07) is 4.65. The minimum absolute atomic E-state index is 0.0946. The molecule has 0 radical (unpaired) electrons. The lowest BCUT2D eigenvalue weighted by atomic mass is 10.2. The standard InChI is InChI=1S/C11H18N4O2S/c1-14(2)5-6-18-8-9-7-10(15(16)17)3-4-11(9)13-12/h3-4,7,13H,5-6,8,12H2,1-2H3. The summed E-state index contributed by atoms with van der Waals surface area (Å²) < 4.78 is 0. The molecule has 18 heavy (non-hydrogen) atoms. The molecule has 0 unspecified atom stereocenters. The van der Waals surface area contributed by atoms with E-state index in [2.05, 4.69) is 10.3 Å². The Hall–Kier alpha value is -1.31. The molecule has 1 aromatic rings. The molecule has 0 heterocycles. The molecule has 3 N–H and O–H groups in total. The van der Waals surface area contributed by atoms with Gasteiger partial charge in [-0.2, -0.15) is 11.8 Å². The molecule has 0 aliphatic rings. The van der Waals surface area contributed by atoms with Crippen LogP contribution in [0.5, 0.6) is 0 Å². The van der Waals surface area contributed by atoms with Crippen molar-refractivity contribution in [1.82, 2.24) is 4.90 Å². The van der Waals surface area contributed by atoms with Crippen LogP contribution in [0.2, 0.25) is 0 Å². The number of anilines is 1. The average molecular weight is 270 g/mol. The van der Waals surface area contributed by atoms with Crippen LogP contribution in [0, 0.1) is 10.1 Å². The zero-order valence-electron chi connectivity index (χ0n) is 10.5. The minimum atomic E-state index is -0.395. The van der Waals surface area contributed by atoms with Gasteiger partial charge in [-0.25, -0.2) is 0 Å². The van der Waals surface area contributed by atoms with E-state index in [-0.39, 0.29) is 5.69 Å². The Kier molecular flexibility index (Phi) is 5.90. The molecule has 0 saturated heterocycles. The topological polar surface area (TPSA) is 84.4 Å². The third-order valence-electron chi connectivity index (χ3n) is 2.40. The molecule has 0 saturated carbocycles. The monoisotopic (exact) mass is 270 g/mol. The number of non-ortho nitro benzene ring substituents is 1. The summed E-state index contributed by atoms with van der Waals surface area (Å²) in [6.45, 7) is 0.977. The van der Waals surface area contributed by atoms with Gasteiger partial charge in [0.25, 0.3) is 5.69 Å². The van der Waals surface area contributed by atoms with Crippen LogP contribution in [0.25, 0.3) is 0 Å². The molecule has 0 aliphatic heterocycles. The van der Waals surface area contributed by atoms with Crippen LogP contribution in [0.1, 0.15) is 5.56 Å². The van der Waals surface area contributed by atoms with Crippen LogP contribution in [0.3, 0.4) is 0 Å². The summed E-state index contributed by atoms with van der Waals surface area (Å²) in [7, 11) is 4.03. The van der Waals surface area contributed by atoms with Crippen molar-refractivity contribution in [3.8, 4) is 0 Å². The maximum absolute atomic E-state index is 10.7. The summed E-state index contributed by atoms with van der Waals surface area (Å²) >= 11 is 1.72. The summed E-state index contributed by atoms with van der Waals surface area (Å²) in [6.07, 6.45) is 0. The number of hydrazine groups is 1. The van der Waals surface area contributed by atoms with Crippen molar-refractivity contribution in [3.05, 3.63) is 33.9 Å². The Bertz CT molecular complexity index is 412. The van der Waals surface area contributed by atoms with Crippen molar-refractivity contribution in [3.63, 3.8) is 0 Å². The maximum Gasteiger partial charge on any atom is 0.269 e. The van der Waals surface area contributed by atoms with Gasteiger partial charge in [-0.15, -0.1) is 0 Å². The van der Waals surface area contributed by atoms with Crippen molar-refractivity contribution in [2.75, 3.05) is 31.8 Å². The largest absolute Gasteiger partial charge is 0.324 e. The Labute approximate surface area is 111 Å². The molecule has 0 spiro atoms. The Morgan fingerprint density at radius 3 is 2.78 bits per heavy atom. The first kappa shape index (κ1) is 14.7. The van der Waals surface area contributed by atoms with E-state index in [1.165, 1.54) is 6.07 Å². The van der Waals surface area contributed by atoms with E-state index in [4.69, 9.17) is 5.84 Å². The summed E-state index contributed by atoms with van der Waals surface area (Å²) in [5.41, 5.74) is 4.25. The second-order valence-electron chi connectivity index (χ2n) is 4.10. The highest BCUT2D eigenvalue weighted by Crippen LogP contribution is 2.25. The molecule has 0 aliphatic carbocycles. The fourth-order valence-electron chi connectivity index (χ4n) is 1.38. The van der Waals surface area contributed by atoms with E-state index in [0.717, 1.165) is 23.5 Å². The Morgan fingerprint density at radius 2 is 2.22 bits per heavy atom. The van der Waals surface area contributed by atoms with Gasteiger partial charge in [-0.05, 0) is 25.7 Å². The van der Waals surface area contributed by atoms with Crippen LogP contribution >= 0.6 is 11.8 Å². The molecule has 0 amide bonds. The van der Waals surface area contributed by atoms with Gasteiger partial charge in [-0.3, -0.25) is 16.0 Å². The number of thioether (sulfide) groups is 1. The lowest BCUT2D eigenvalue weighted by molar-refractivity contribution is -0.384. The van der Waals surface area contributed by atoms with Crippen molar-refractivity contribution in [2.24, 2.45) is 5.84 Å². The van der Waals surface area contributed by atoms with E-state index >= 15 is 0 Å². The van der Waals surface area contributed by atoms with Gasteiger partial charge >= 0.3 is 0 Å². The van der Waals surface area contributed by atoms with Crippen LogP contribution in [-0.2, 0) is 5.75 Å². The van der Waals surface area contributed by atoms with Gasteiger partial charge in [-0.1, -0.05) is 0 Å². The first-order valence-corrected chi connectivity index (χ1v) is 6.66. The van der Waals surface area contributed by atoms with Crippen molar-refractivity contribution < 1.29 is 4.92 Å². The lowest BCUT2D eigenvalue weighted by Gasteiger charge is -2.11. The molecule has 0 atom stereocenters. The predicted molar refractivity (Wildman–Crippen MR) is 75.6 cm³/mol. The van der Waals surface area contributed by atoms with Crippen molar-refractivity contribution in [1.29, 1.82) is 0 Å². The number of hydrogen-bond donors (Lipinski definition) is 2. The van der Waals surface area contributed by atoms with Crippen LogP contribution in [0.15, 0.2) is 18.2 Å². The van der Waals surface area contributed by atoms with Gasteiger partial charge in [0.2, 0.25) is 0 Å². The zero-order chi connectivity index (χ0) is 13.5. The number of nitro benzene ring substituents is 1. The van der Waals surface area contributed by atoms with Gasteiger partial charge in [0.1, 0.15) is 0 Å². The highest BCUT2D eigenvalue weighted by atomic mass is 32.2. The molecule has 0 bridgehead atoms. The smallest absolute Gasteiger partial charge is 0.269 e. The number of nitrogens with zero attached hydrogens (tertiary/aromatic N) is 2. The normalized spacial score (nSPS) is 10.7. The van der Waals surface area contributed by atoms with Crippen LogP contribution in [0.4, 0.5) is 11.4 Å². The van der Waals surface area contributed by atoms with Crippen molar-refractivity contribution in [2.45, 2.75) is 5.75 Å². The second-order valence-corrected chi connectivity index (χ2v) is 5.20. The van der Waals surface area contributed by atoms with E-state index in [0.29, 0.717) is 5.75 Å². The average Bonchev–Trinajstić information content (AvgIpc) is 2.34. The Morgan fingerprint density at radius 1 is 1.50 bits per heavy atom. The zero-order valence-corrected chi connectivity index (χ0v) is 11.4. The fourth-order valence-corrected chi connectivity index (χ4v) is 2.48. The number of benzene rings is 1. The van der Waals surface area contributed by atoms with E-state index in [1.54, 1.807) is 23.9 Å². The molecular weight excluding hydrogens is 252 g/mol. The summed E-state index contributed by atoms with van der Waals surface area (Å²) in [5, 5.41) is 10.7. The maximum atomic E-state index is 10.7. The quantitative estimate of drug-likeness (QED) is 0.339. The first-order valence-electron chi connectivity index (χ1n) is 5.51. The van der Waals surface area contributed by atoms with Crippen LogP contribution in [-0.4, -0.2) is 36.2 Å². The third kappa shape index (κ3) is 4.52. The molecular formula is C11H18N4O2S. The minimum Gasteiger partial charge on any atom is -0.324 e. The fraction of sp³-hybridized carbons (Fsp3) is 0.455. The summed E-state index contributed by atoms with van der Waals surface area (Å²) in [5.74, 6) is 7.07. The van der Waals surface area contributed by atoms with E-state index in [1.807, 2.05) is 14.1 Å². The number of nitro groups is 1. The predicted octanol–water partition coefficient (Wildman–Crippen LogP) is 1.68. The Balaban J connectivity index is 2.66. The highest BCUT2D eigenvalue weighted by Gasteiger charge is 2.10. The molecule has 0 fully saturated rings. The SMILES string of the molecule is CN(C)CCSCc1cc([N+](=O)[O-])ccc1NN. The lowest BCUT2D eigenvalue weighted by Crippen LogP contribution is -2.15. The molecule has 1 aromatic carbocycles. The second kappa shape index (κ2) is 7.20. The van der Waals surface area contributed by atoms with Gasteiger partial charge < -0.3 is 10.3 Å². The summed E-state index contributed by atoms with van der Waals surface area (Å²) in [4.78, 5) is 12.4. The van der Waals surface area contributed by atoms with E-state index in [9.17, 15) is 10.1 Å². The number of nitrogen functional groups attached to an aromatic ring is 1. The molecule has 1 rings (SSSR count). The molecule has 7 heteroatoms. The first-order chi connectivity index (χ1) is 8.54. The van der Waals surface area contributed by atoms with Gasteiger partial charge in [0.15, 0.2) is 0 Å². The molecule has 100 valence electrons. The molecule has 0 aromatic heterocycles. The molecule has 6 nitrogen and oxygen atoms in total. The van der Waals surface area contributed by atoms with Gasteiger partial charge in [0, 0.05) is 30.2 Å².